The van der Waals surface area contributed by atoms with Crippen molar-refractivity contribution in [1.82, 2.24) is 20.4 Å². The van der Waals surface area contributed by atoms with Crippen LogP contribution in [0.5, 0.6) is 5.75 Å². The molecule has 1 atom stereocenters. The number of carbonyl (C=O) groups is 3. The predicted octanol–water partition coefficient (Wildman–Crippen LogP) is 2.19. The van der Waals surface area contributed by atoms with E-state index < -0.39 is 17.7 Å². The van der Waals surface area contributed by atoms with Crippen LogP contribution < -0.4 is 20.5 Å². The van der Waals surface area contributed by atoms with Gasteiger partial charge in [-0.05, 0) is 56.3 Å². The molecule has 4 rings (SSSR count). The lowest BCUT2D eigenvalue weighted by Gasteiger charge is -2.17. The molecular formula is C23H25N5O4. The van der Waals surface area contributed by atoms with Crippen molar-refractivity contribution in [1.29, 1.82) is 0 Å². The molecule has 32 heavy (non-hydrogen) atoms. The predicted molar refractivity (Wildman–Crippen MR) is 119 cm³/mol. The quantitative estimate of drug-likeness (QED) is 0.598. The highest BCUT2D eigenvalue weighted by Gasteiger charge is 2.35. The van der Waals surface area contributed by atoms with Crippen molar-refractivity contribution < 1.29 is 19.1 Å². The largest absolute Gasteiger partial charge is 0.497 e. The molecular weight excluding hydrogens is 410 g/mol. The molecule has 3 aromatic rings. The summed E-state index contributed by atoms with van der Waals surface area (Å²) in [4.78, 5) is 43.5. The Balaban J connectivity index is 1.37. The number of hydrogen-bond acceptors (Lipinski definition) is 5. The summed E-state index contributed by atoms with van der Waals surface area (Å²) in [5, 5.41) is 0. The highest BCUT2D eigenvalue weighted by atomic mass is 16.5. The molecule has 9 nitrogen and oxygen atoms in total. The third-order valence-corrected chi connectivity index (χ3v) is 5.70. The topological polar surface area (TPSA) is 106 Å². The lowest BCUT2D eigenvalue weighted by molar-refractivity contribution is -0.126. The van der Waals surface area contributed by atoms with E-state index in [-0.39, 0.29) is 18.9 Å². The van der Waals surface area contributed by atoms with Gasteiger partial charge in [-0.1, -0.05) is 0 Å². The molecule has 2 heterocycles. The molecule has 0 aliphatic carbocycles. The third kappa shape index (κ3) is 4.01. The van der Waals surface area contributed by atoms with Crippen molar-refractivity contribution >= 4 is 34.4 Å². The van der Waals surface area contributed by atoms with Gasteiger partial charge in [0.25, 0.3) is 5.91 Å². The maximum atomic E-state index is 12.6. The molecule has 0 spiro atoms. The summed E-state index contributed by atoms with van der Waals surface area (Å²) in [6, 6.07) is 12.3. The minimum atomic E-state index is -0.560. The highest BCUT2D eigenvalue weighted by Crippen LogP contribution is 2.27. The molecule has 1 aromatic heterocycles. The van der Waals surface area contributed by atoms with Crippen LogP contribution in [0.4, 0.5) is 5.69 Å². The van der Waals surface area contributed by atoms with Crippen LogP contribution in [0.25, 0.3) is 11.0 Å². The second kappa shape index (κ2) is 8.70. The monoisotopic (exact) mass is 435 g/mol. The van der Waals surface area contributed by atoms with Crippen molar-refractivity contribution in [2.45, 2.75) is 26.8 Å². The second-order valence-electron chi connectivity index (χ2n) is 7.65. The van der Waals surface area contributed by atoms with E-state index in [9.17, 15) is 14.4 Å². The van der Waals surface area contributed by atoms with Gasteiger partial charge in [-0.15, -0.1) is 0 Å². The summed E-state index contributed by atoms with van der Waals surface area (Å²) in [6.45, 7) is 4.99. The molecule has 1 aliphatic heterocycles. The Bertz CT molecular complexity index is 1190. The fourth-order valence-electron chi connectivity index (χ4n) is 3.98. The van der Waals surface area contributed by atoms with E-state index >= 15 is 0 Å². The number of methoxy groups -OCH3 is 1. The molecule has 166 valence electrons. The number of aryl methyl sites for hydroxylation is 2. The number of aromatic nitrogens is 2. The molecule has 0 radical (unpaired) electrons. The van der Waals surface area contributed by atoms with E-state index in [0.717, 1.165) is 23.4 Å². The number of anilines is 1. The number of benzene rings is 2. The number of nitrogens with zero attached hydrogens (tertiary/aromatic N) is 3. The van der Waals surface area contributed by atoms with E-state index in [1.54, 1.807) is 48.4 Å². The van der Waals surface area contributed by atoms with Crippen LogP contribution in [-0.2, 0) is 16.1 Å². The fourth-order valence-corrected chi connectivity index (χ4v) is 3.98. The van der Waals surface area contributed by atoms with Crippen LogP contribution in [0.1, 0.15) is 29.5 Å². The number of imidazole rings is 1. The molecule has 1 aliphatic rings. The summed E-state index contributed by atoms with van der Waals surface area (Å²) in [7, 11) is 1.57. The Morgan fingerprint density at radius 1 is 1.16 bits per heavy atom. The van der Waals surface area contributed by atoms with Gasteiger partial charge in [0.2, 0.25) is 11.8 Å². The van der Waals surface area contributed by atoms with Crippen molar-refractivity contribution in [3.63, 3.8) is 0 Å². The Labute approximate surface area is 185 Å². The van der Waals surface area contributed by atoms with Gasteiger partial charge in [0, 0.05) is 30.8 Å². The molecule has 2 aromatic carbocycles. The Morgan fingerprint density at radius 2 is 1.91 bits per heavy atom. The summed E-state index contributed by atoms with van der Waals surface area (Å²) < 4.78 is 7.19. The molecule has 1 saturated heterocycles. The van der Waals surface area contributed by atoms with Gasteiger partial charge in [0.1, 0.15) is 11.6 Å². The number of fused-ring (bicyclic) bond motifs is 1. The number of rotatable bonds is 5. The van der Waals surface area contributed by atoms with Gasteiger partial charge >= 0.3 is 0 Å². The molecule has 1 fully saturated rings. The zero-order chi connectivity index (χ0) is 22.8. The average molecular weight is 435 g/mol. The molecule has 1 unspecified atom stereocenters. The van der Waals surface area contributed by atoms with Gasteiger partial charge in [-0.2, -0.15) is 0 Å². The number of hydrogen-bond donors (Lipinski definition) is 2. The number of nitrogens with one attached hydrogen (secondary N) is 2. The van der Waals surface area contributed by atoms with E-state index in [2.05, 4.69) is 20.4 Å². The van der Waals surface area contributed by atoms with E-state index in [0.29, 0.717) is 17.0 Å². The maximum Gasteiger partial charge on any atom is 0.269 e. The van der Waals surface area contributed by atoms with Crippen molar-refractivity contribution in [2.24, 2.45) is 5.92 Å². The first kappa shape index (κ1) is 21.4. The Morgan fingerprint density at radius 3 is 2.59 bits per heavy atom. The summed E-state index contributed by atoms with van der Waals surface area (Å²) in [5.74, 6) is 0.00678. The molecule has 0 saturated carbocycles. The number of ether oxygens (including phenoxy) is 1. The SMILES string of the molecule is CCn1c(C)nc2cc(C(=O)NNC(=O)C3CC(=O)N(c4ccc(OC)cc4)C3)ccc21. The van der Waals surface area contributed by atoms with Crippen molar-refractivity contribution in [3.8, 4) is 5.75 Å². The molecule has 3 amide bonds. The van der Waals surface area contributed by atoms with Crippen molar-refractivity contribution in [2.75, 3.05) is 18.6 Å². The highest BCUT2D eigenvalue weighted by molar-refractivity contribution is 6.02. The van der Waals surface area contributed by atoms with Crippen LogP contribution in [0.2, 0.25) is 0 Å². The lowest BCUT2D eigenvalue weighted by atomic mass is 10.1. The van der Waals surface area contributed by atoms with Crippen LogP contribution in [0, 0.1) is 12.8 Å². The Hall–Kier alpha value is -3.88. The normalized spacial score (nSPS) is 15.8. The van der Waals surface area contributed by atoms with Crippen LogP contribution in [0.3, 0.4) is 0 Å². The smallest absolute Gasteiger partial charge is 0.269 e. The second-order valence-corrected chi connectivity index (χ2v) is 7.65. The van der Waals surface area contributed by atoms with Gasteiger partial charge in [0.05, 0.1) is 24.1 Å². The summed E-state index contributed by atoms with van der Waals surface area (Å²) in [5.41, 5.74) is 7.65. The minimum absolute atomic E-state index is 0.0768. The Kier molecular flexibility index (Phi) is 5.81. The first-order valence-corrected chi connectivity index (χ1v) is 10.4. The van der Waals surface area contributed by atoms with Crippen LogP contribution in [0.15, 0.2) is 42.5 Å². The van der Waals surface area contributed by atoms with Gasteiger partial charge < -0.3 is 14.2 Å². The first-order valence-electron chi connectivity index (χ1n) is 10.4. The van der Waals surface area contributed by atoms with Crippen LogP contribution >= 0.6 is 0 Å². The zero-order valence-electron chi connectivity index (χ0n) is 18.2. The molecule has 9 heteroatoms. The first-order chi connectivity index (χ1) is 15.4. The summed E-state index contributed by atoms with van der Waals surface area (Å²) in [6.07, 6.45) is 0.0768. The maximum absolute atomic E-state index is 12.6. The standard InChI is InChI=1S/C23H25N5O4/c1-4-27-14(2)24-19-11-15(5-10-20(19)27)22(30)25-26-23(31)16-12-21(29)28(13-16)17-6-8-18(32-3)9-7-17/h5-11,16H,4,12-13H2,1-3H3,(H,25,30)(H,26,31). The van der Waals surface area contributed by atoms with E-state index in [1.165, 1.54) is 0 Å². The lowest BCUT2D eigenvalue weighted by Crippen LogP contribution is -2.45. The number of amides is 3. The zero-order valence-corrected chi connectivity index (χ0v) is 18.2. The van der Waals surface area contributed by atoms with E-state index in [1.807, 2.05) is 19.9 Å². The fraction of sp³-hybridized carbons (Fsp3) is 0.304. The number of carbonyl (C=O) groups excluding carboxylic acids is 3. The van der Waals surface area contributed by atoms with Crippen molar-refractivity contribution in [3.05, 3.63) is 53.9 Å². The average Bonchev–Trinajstić information content (AvgIpc) is 3.35. The molecule has 2 N–H and O–H groups in total. The summed E-state index contributed by atoms with van der Waals surface area (Å²) >= 11 is 0. The third-order valence-electron chi connectivity index (χ3n) is 5.70. The van der Waals surface area contributed by atoms with E-state index in [4.69, 9.17) is 4.74 Å². The van der Waals surface area contributed by atoms with Gasteiger partial charge in [-0.3, -0.25) is 25.2 Å². The minimum Gasteiger partial charge on any atom is -0.497 e. The number of hydrazine groups is 1. The van der Waals surface area contributed by atoms with Crippen LogP contribution in [-0.4, -0.2) is 40.9 Å². The molecule has 0 bridgehead atoms. The van der Waals surface area contributed by atoms with Gasteiger partial charge in [-0.25, -0.2) is 4.98 Å². The van der Waals surface area contributed by atoms with Gasteiger partial charge in [0.15, 0.2) is 0 Å².